The van der Waals surface area contributed by atoms with Crippen molar-refractivity contribution < 1.29 is 14.3 Å². The monoisotopic (exact) mass is 271 g/mol. The van der Waals surface area contributed by atoms with E-state index in [0.717, 1.165) is 26.2 Å². The highest BCUT2D eigenvalue weighted by molar-refractivity contribution is 5.67. The number of hydrogen-bond donors (Lipinski definition) is 2. The van der Waals surface area contributed by atoms with Gasteiger partial charge in [0.1, 0.15) is 5.60 Å². The van der Waals surface area contributed by atoms with Gasteiger partial charge in [0.2, 0.25) is 0 Å². The molecule has 0 radical (unpaired) electrons. The highest BCUT2D eigenvalue weighted by atomic mass is 16.6. The third-order valence-corrected chi connectivity index (χ3v) is 3.37. The summed E-state index contributed by atoms with van der Waals surface area (Å²) >= 11 is 0. The summed E-state index contributed by atoms with van der Waals surface area (Å²) in [7, 11) is 0. The van der Waals surface area contributed by atoms with Crippen LogP contribution in [0, 0.1) is 0 Å². The van der Waals surface area contributed by atoms with Gasteiger partial charge in [-0.2, -0.15) is 0 Å². The van der Waals surface area contributed by atoms with Crippen LogP contribution < -0.4 is 10.6 Å². The molecule has 0 spiro atoms. The normalized spacial score (nSPS) is 28.6. The Labute approximate surface area is 114 Å². The van der Waals surface area contributed by atoms with Crippen LogP contribution in [0.4, 0.5) is 4.79 Å². The molecule has 0 saturated carbocycles. The summed E-state index contributed by atoms with van der Waals surface area (Å²) in [5.74, 6) is 0. The molecule has 2 fully saturated rings. The molecule has 0 bridgehead atoms. The molecule has 2 saturated heterocycles. The second-order valence-corrected chi connectivity index (χ2v) is 6.17. The van der Waals surface area contributed by atoms with Crippen LogP contribution in [0.2, 0.25) is 0 Å². The van der Waals surface area contributed by atoms with Crippen molar-refractivity contribution in [3.8, 4) is 0 Å². The van der Waals surface area contributed by atoms with E-state index in [0.29, 0.717) is 19.2 Å². The summed E-state index contributed by atoms with van der Waals surface area (Å²) in [6, 6.07) is 0.668. The van der Waals surface area contributed by atoms with Gasteiger partial charge < -0.3 is 20.1 Å². The van der Waals surface area contributed by atoms with Crippen molar-refractivity contribution in [3.63, 3.8) is 0 Å². The standard InChI is InChI=1S/C13H25N3O3/c1-13(2,3)19-12(17)15-7-11-9-18-8-10-6-14-4-5-16(10)11/h10-11,14H,4-9H2,1-3H3,(H,15,17). The minimum absolute atomic E-state index is 0.244. The van der Waals surface area contributed by atoms with E-state index in [1.54, 1.807) is 0 Å². The molecule has 0 aliphatic carbocycles. The second kappa shape index (κ2) is 6.07. The Kier molecular flexibility index (Phi) is 4.65. The summed E-state index contributed by atoms with van der Waals surface area (Å²) in [5, 5.41) is 6.21. The van der Waals surface area contributed by atoms with E-state index >= 15 is 0 Å². The van der Waals surface area contributed by atoms with E-state index in [9.17, 15) is 4.79 Å². The van der Waals surface area contributed by atoms with Gasteiger partial charge in [0, 0.05) is 32.2 Å². The molecule has 110 valence electrons. The van der Waals surface area contributed by atoms with E-state index in [2.05, 4.69) is 15.5 Å². The van der Waals surface area contributed by atoms with Crippen LogP contribution in [-0.2, 0) is 9.47 Å². The number of hydrogen-bond acceptors (Lipinski definition) is 5. The maximum Gasteiger partial charge on any atom is 0.407 e. The number of ether oxygens (including phenoxy) is 2. The molecule has 2 rings (SSSR count). The number of amides is 1. The number of nitrogens with zero attached hydrogens (tertiary/aromatic N) is 1. The van der Waals surface area contributed by atoms with Gasteiger partial charge >= 0.3 is 6.09 Å². The minimum atomic E-state index is -0.454. The second-order valence-electron chi connectivity index (χ2n) is 6.17. The Morgan fingerprint density at radius 2 is 2.26 bits per heavy atom. The first-order chi connectivity index (χ1) is 8.96. The van der Waals surface area contributed by atoms with Gasteiger partial charge in [0.25, 0.3) is 0 Å². The fourth-order valence-electron chi connectivity index (χ4n) is 2.54. The molecule has 0 aromatic rings. The van der Waals surface area contributed by atoms with Crippen LogP contribution in [0.1, 0.15) is 20.8 Å². The lowest BCUT2D eigenvalue weighted by atomic mass is 10.1. The predicted octanol–water partition coefficient (Wildman–Crippen LogP) is 0.184. The summed E-state index contributed by atoms with van der Waals surface area (Å²) in [5.41, 5.74) is -0.454. The lowest BCUT2D eigenvalue weighted by molar-refractivity contribution is -0.0572. The summed E-state index contributed by atoms with van der Waals surface area (Å²) < 4.78 is 10.9. The van der Waals surface area contributed by atoms with Crippen LogP contribution in [0.5, 0.6) is 0 Å². The van der Waals surface area contributed by atoms with Crippen molar-refractivity contribution in [2.45, 2.75) is 38.5 Å². The quantitative estimate of drug-likeness (QED) is 0.750. The zero-order chi connectivity index (χ0) is 13.9. The zero-order valence-electron chi connectivity index (χ0n) is 12.1. The van der Waals surface area contributed by atoms with E-state index in [1.165, 1.54) is 0 Å². The molecule has 0 aromatic carbocycles. The summed E-state index contributed by atoms with van der Waals surface area (Å²) in [6.45, 7) is 10.6. The van der Waals surface area contributed by atoms with Gasteiger partial charge in [-0.05, 0) is 20.8 Å². The van der Waals surface area contributed by atoms with Crippen molar-refractivity contribution >= 4 is 6.09 Å². The fourth-order valence-corrected chi connectivity index (χ4v) is 2.54. The number of fused-ring (bicyclic) bond motifs is 1. The molecule has 2 heterocycles. The van der Waals surface area contributed by atoms with Gasteiger partial charge in [-0.1, -0.05) is 0 Å². The van der Waals surface area contributed by atoms with Crippen molar-refractivity contribution in [2.75, 3.05) is 39.4 Å². The van der Waals surface area contributed by atoms with Crippen molar-refractivity contribution in [1.82, 2.24) is 15.5 Å². The zero-order valence-corrected chi connectivity index (χ0v) is 12.1. The Hall–Kier alpha value is -0.850. The Bertz CT molecular complexity index is 315. The highest BCUT2D eigenvalue weighted by Gasteiger charge is 2.33. The van der Waals surface area contributed by atoms with Crippen LogP contribution in [0.15, 0.2) is 0 Å². The Morgan fingerprint density at radius 1 is 1.47 bits per heavy atom. The fraction of sp³-hybridized carbons (Fsp3) is 0.923. The van der Waals surface area contributed by atoms with Gasteiger partial charge in [0.15, 0.2) is 0 Å². The minimum Gasteiger partial charge on any atom is -0.444 e. The van der Waals surface area contributed by atoms with Crippen LogP contribution in [0.3, 0.4) is 0 Å². The lowest BCUT2D eigenvalue weighted by Gasteiger charge is -2.44. The van der Waals surface area contributed by atoms with E-state index < -0.39 is 5.60 Å². The molecule has 0 aromatic heterocycles. The number of carbonyl (C=O) groups excluding carboxylic acids is 1. The number of carbonyl (C=O) groups is 1. The smallest absolute Gasteiger partial charge is 0.407 e. The molecule has 6 nitrogen and oxygen atoms in total. The number of nitrogens with one attached hydrogen (secondary N) is 2. The SMILES string of the molecule is CC(C)(C)OC(=O)NCC1COCC2CNCCN21. The first-order valence-electron chi connectivity index (χ1n) is 6.97. The first kappa shape index (κ1) is 14.6. The molecule has 2 aliphatic rings. The molecule has 2 unspecified atom stereocenters. The third kappa shape index (κ3) is 4.33. The lowest BCUT2D eigenvalue weighted by Crippen LogP contribution is -2.63. The predicted molar refractivity (Wildman–Crippen MR) is 72.2 cm³/mol. The highest BCUT2D eigenvalue weighted by Crippen LogP contribution is 2.15. The van der Waals surface area contributed by atoms with Crippen LogP contribution >= 0.6 is 0 Å². The van der Waals surface area contributed by atoms with Gasteiger partial charge in [-0.15, -0.1) is 0 Å². The van der Waals surface area contributed by atoms with Crippen LogP contribution in [0.25, 0.3) is 0 Å². The average Bonchev–Trinajstić information content (AvgIpc) is 2.34. The van der Waals surface area contributed by atoms with Gasteiger partial charge in [0.05, 0.1) is 19.3 Å². The van der Waals surface area contributed by atoms with E-state index in [-0.39, 0.29) is 12.1 Å². The molecular formula is C13H25N3O3. The third-order valence-electron chi connectivity index (χ3n) is 3.37. The van der Waals surface area contributed by atoms with E-state index in [1.807, 2.05) is 20.8 Å². The van der Waals surface area contributed by atoms with E-state index in [4.69, 9.17) is 9.47 Å². The first-order valence-corrected chi connectivity index (χ1v) is 6.97. The van der Waals surface area contributed by atoms with Gasteiger partial charge in [-0.3, -0.25) is 4.90 Å². The molecule has 1 amide bonds. The molecule has 6 heteroatoms. The number of morpholine rings is 1. The topological polar surface area (TPSA) is 62.8 Å². The molecule has 2 aliphatic heterocycles. The average molecular weight is 271 g/mol. The summed E-state index contributed by atoms with van der Waals surface area (Å²) in [4.78, 5) is 14.1. The maximum atomic E-state index is 11.7. The number of rotatable bonds is 2. The molecule has 2 N–H and O–H groups in total. The van der Waals surface area contributed by atoms with Crippen molar-refractivity contribution in [1.29, 1.82) is 0 Å². The largest absolute Gasteiger partial charge is 0.444 e. The number of alkyl carbamates (subject to hydrolysis) is 1. The molecule has 2 atom stereocenters. The van der Waals surface area contributed by atoms with Crippen LogP contribution in [-0.4, -0.2) is 68.1 Å². The molecular weight excluding hydrogens is 246 g/mol. The Morgan fingerprint density at radius 3 is 3.00 bits per heavy atom. The van der Waals surface area contributed by atoms with Crippen molar-refractivity contribution in [2.24, 2.45) is 0 Å². The number of piperazine rings is 1. The van der Waals surface area contributed by atoms with Gasteiger partial charge in [-0.25, -0.2) is 4.79 Å². The molecule has 19 heavy (non-hydrogen) atoms. The Balaban J connectivity index is 1.79. The maximum absolute atomic E-state index is 11.7. The summed E-state index contributed by atoms with van der Waals surface area (Å²) in [6.07, 6.45) is -0.357. The van der Waals surface area contributed by atoms with Crippen molar-refractivity contribution in [3.05, 3.63) is 0 Å².